The summed E-state index contributed by atoms with van der Waals surface area (Å²) in [4.78, 5) is 4.83. The van der Waals surface area contributed by atoms with Gasteiger partial charge >= 0.3 is 0 Å². The molecule has 2 saturated heterocycles. The van der Waals surface area contributed by atoms with Crippen molar-refractivity contribution in [2.75, 3.05) is 32.9 Å². The largest absolute Gasteiger partial charge is 0.381 e. The van der Waals surface area contributed by atoms with Gasteiger partial charge < -0.3 is 20.1 Å². The highest BCUT2D eigenvalue weighted by Gasteiger charge is 2.66. The molecule has 124 valence electrons. The van der Waals surface area contributed by atoms with Crippen LogP contribution in [0.3, 0.4) is 0 Å². The molecule has 5 heteroatoms. The van der Waals surface area contributed by atoms with Gasteiger partial charge in [-0.3, -0.25) is 4.99 Å². The zero-order chi connectivity index (χ0) is 15.0. The molecule has 4 unspecified atom stereocenters. The van der Waals surface area contributed by atoms with Crippen LogP contribution in [0.25, 0.3) is 0 Å². The Hall–Kier alpha value is -0.810. The van der Waals surface area contributed by atoms with Crippen LogP contribution in [0.4, 0.5) is 0 Å². The van der Waals surface area contributed by atoms with Crippen molar-refractivity contribution in [2.24, 2.45) is 22.2 Å². The van der Waals surface area contributed by atoms with E-state index in [9.17, 15) is 0 Å². The van der Waals surface area contributed by atoms with E-state index < -0.39 is 0 Å². The lowest BCUT2D eigenvalue weighted by atomic mass is 9.46. The van der Waals surface area contributed by atoms with Crippen LogP contribution in [0.5, 0.6) is 0 Å². The minimum atomic E-state index is 0.411. The predicted molar refractivity (Wildman–Crippen MR) is 86.0 cm³/mol. The van der Waals surface area contributed by atoms with Crippen LogP contribution in [-0.2, 0) is 9.47 Å². The average Bonchev–Trinajstić information content (AvgIpc) is 3.10. The lowest BCUT2D eigenvalue weighted by Gasteiger charge is -2.63. The molecule has 2 N–H and O–H groups in total. The molecule has 2 heterocycles. The van der Waals surface area contributed by atoms with E-state index in [1.807, 2.05) is 0 Å². The zero-order valence-corrected chi connectivity index (χ0v) is 13.6. The average molecular weight is 307 g/mol. The first-order valence-electron chi connectivity index (χ1n) is 9.08. The summed E-state index contributed by atoms with van der Waals surface area (Å²) in [5.41, 5.74) is 0.411. The Morgan fingerprint density at radius 3 is 2.86 bits per heavy atom. The smallest absolute Gasteiger partial charge is 0.191 e. The van der Waals surface area contributed by atoms with Gasteiger partial charge in [0.05, 0.1) is 12.7 Å². The van der Waals surface area contributed by atoms with Gasteiger partial charge in [0, 0.05) is 49.6 Å². The molecule has 4 aliphatic rings. The molecular formula is C17H29N3O2. The number of guanidine groups is 1. The Morgan fingerprint density at radius 1 is 1.27 bits per heavy atom. The number of rotatable bonds is 4. The van der Waals surface area contributed by atoms with Crippen molar-refractivity contribution < 1.29 is 9.47 Å². The van der Waals surface area contributed by atoms with E-state index in [0.717, 1.165) is 45.3 Å². The number of fused-ring (bicyclic) bond motifs is 2. The molecule has 5 nitrogen and oxygen atoms in total. The Labute approximate surface area is 133 Å². The SMILES string of the molecule is CCNC(=NCC1CCOC1)NC1C2CCOC2C12CCC2. The fourth-order valence-corrected chi connectivity index (χ4v) is 4.87. The number of aliphatic imine (C=N–C) groups is 1. The number of nitrogens with zero attached hydrogens (tertiary/aromatic N) is 1. The van der Waals surface area contributed by atoms with E-state index in [1.165, 1.54) is 25.7 Å². The van der Waals surface area contributed by atoms with Gasteiger partial charge in [-0.05, 0) is 32.6 Å². The van der Waals surface area contributed by atoms with Crippen molar-refractivity contribution in [1.82, 2.24) is 10.6 Å². The molecule has 4 rings (SSSR count). The molecule has 2 saturated carbocycles. The maximum atomic E-state index is 6.01. The van der Waals surface area contributed by atoms with Crippen molar-refractivity contribution >= 4 is 5.96 Å². The molecule has 2 aliphatic carbocycles. The minimum absolute atomic E-state index is 0.411. The number of hydrogen-bond donors (Lipinski definition) is 2. The first kappa shape index (κ1) is 14.8. The van der Waals surface area contributed by atoms with Crippen LogP contribution in [0.1, 0.15) is 39.0 Å². The van der Waals surface area contributed by atoms with Gasteiger partial charge in [-0.15, -0.1) is 0 Å². The van der Waals surface area contributed by atoms with Gasteiger partial charge in [-0.25, -0.2) is 0 Å². The summed E-state index contributed by atoms with van der Waals surface area (Å²) in [5.74, 6) is 2.28. The molecule has 2 aliphatic heterocycles. The van der Waals surface area contributed by atoms with Gasteiger partial charge in [-0.1, -0.05) is 6.42 Å². The quantitative estimate of drug-likeness (QED) is 0.611. The highest BCUT2D eigenvalue weighted by Crippen LogP contribution is 2.62. The lowest BCUT2D eigenvalue weighted by Crippen LogP contribution is -2.72. The van der Waals surface area contributed by atoms with Gasteiger partial charge in [0.1, 0.15) is 0 Å². The highest BCUT2D eigenvalue weighted by molar-refractivity contribution is 5.80. The Bertz CT molecular complexity index is 430. The molecule has 0 aromatic heterocycles. The summed E-state index contributed by atoms with van der Waals surface area (Å²) in [6, 6.07) is 0.561. The monoisotopic (exact) mass is 307 g/mol. The second-order valence-electron chi connectivity index (χ2n) is 7.40. The van der Waals surface area contributed by atoms with Crippen molar-refractivity contribution in [3.63, 3.8) is 0 Å². The molecule has 0 amide bonds. The summed E-state index contributed by atoms with van der Waals surface area (Å²) < 4.78 is 11.5. The molecule has 4 atom stereocenters. The van der Waals surface area contributed by atoms with Crippen LogP contribution in [0.15, 0.2) is 4.99 Å². The second kappa shape index (κ2) is 6.00. The van der Waals surface area contributed by atoms with Crippen molar-refractivity contribution in [2.45, 2.75) is 51.2 Å². The highest BCUT2D eigenvalue weighted by atomic mass is 16.5. The number of hydrogen-bond acceptors (Lipinski definition) is 3. The molecule has 0 aromatic carbocycles. The Morgan fingerprint density at radius 2 is 2.18 bits per heavy atom. The lowest BCUT2D eigenvalue weighted by molar-refractivity contribution is -0.171. The molecule has 0 bridgehead atoms. The minimum Gasteiger partial charge on any atom is -0.381 e. The van der Waals surface area contributed by atoms with Gasteiger partial charge in [0.25, 0.3) is 0 Å². The third-order valence-corrected chi connectivity index (χ3v) is 6.20. The molecule has 0 radical (unpaired) electrons. The van der Waals surface area contributed by atoms with Crippen molar-refractivity contribution in [1.29, 1.82) is 0 Å². The van der Waals surface area contributed by atoms with E-state index in [2.05, 4.69) is 17.6 Å². The Balaban J connectivity index is 1.41. The summed E-state index contributed by atoms with van der Waals surface area (Å²) in [5, 5.41) is 7.19. The second-order valence-corrected chi connectivity index (χ2v) is 7.40. The van der Waals surface area contributed by atoms with Crippen LogP contribution >= 0.6 is 0 Å². The Kier molecular flexibility index (Phi) is 4.03. The third-order valence-electron chi connectivity index (χ3n) is 6.20. The topological polar surface area (TPSA) is 54.9 Å². The molecule has 4 fully saturated rings. The van der Waals surface area contributed by atoms with E-state index in [0.29, 0.717) is 29.4 Å². The number of ether oxygens (including phenoxy) is 2. The summed E-state index contributed by atoms with van der Waals surface area (Å²) >= 11 is 0. The van der Waals surface area contributed by atoms with Crippen LogP contribution < -0.4 is 10.6 Å². The van der Waals surface area contributed by atoms with Gasteiger partial charge in [0.15, 0.2) is 5.96 Å². The van der Waals surface area contributed by atoms with Crippen LogP contribution in [0.2, 0.25) is 0 Å². The van der Waals surface area contributed by atoms with Crippen molar-refractivity contribution in [3.05, 3.63) is 0 Å². The number of nitrogens with one attached hydrogen (secondary N) is 2. The van der Waals surface area contributed by atoms with E-state index in [1.54, 1.807) is 0 Å². The fraction of sp³-hybridized carbons (Fsp3) is 0.941. The molecule has 22 heavy (non-hydrogen) atoms. The maximum Gasteiger partial charge on any atom is 0.191 e. The standard InChI is InChI=1S/C17H29N3O2/c1-2-18-16(19-10-12-4-8-21-11-12)20-14-13-5-9-22-15(13)17(14)6-3-7-17/h12-15H,2-11H2,1H3,(H2,18,19,20). The van der Waals surface area contributed by atoms with E-state index >= 15 is 0 Å². The molecule has 0 aromatic rings. The van der Waals surface area contributed by atoms with Gasteiger partial charge in [0.2, 0.25) is 0 Å². The van der Waals surface area contributed by atoms with E-state index in [4.69, 9.17) is 14.5 Å². The maximum absolute atomic E-state index is 6.01. The zero-order valence-electron chi connectivity index (χ0n) is 13.6. The summed E-state index contributed by atoms with van der Waals surface area (Å²) in [6.07, 6.45) is 6.88. The van der Waals surface area contributed by atoms with Crippen LogP contribution in [0, 0.1) is 17.3 Å². The van der Waals surface area contributed by atoms with Crippen LogP contribution in [-0.4, -0.2) is 51.0 Å². The normalized spacial score (nSPS) is 39.2. The summed E-state index contributed by atoms with van der Waals surface area (Å²) in [6.45, 7) is 6.64. The predicted octanol–water partition coefficient (Wildman–Crippen LogP) is 1.54. The van der Waals surface area contributed by atoms with Crippen molar-refractivity contribution in [3.8, 4) is 0 Å². The van der Waals surface area contributed by atoms with Gasteiger partial charge in [-0.2, -0.15) is 0 Å². The third kappa shape index (κ3) is 2.33. The molecule has 1 spiro atoms. The first-order chi connectivity index (χ1) is 10.8. The fourth-order valence-electron chi connectivity index (χ4n) is 4.87. The summed E-state index contributed by atoms with van der Waals surface area (Å²) in [7, 11) is 0. The van der Waals surface area contributed by atoms with E-state index in [-0.39, 0.29) is 0 Å². The first-order valence-corrected chi connectivity index (χ1v) is 9.08. The molecular weight excluding hydrogens is 278 g/mol.